The van der Waals surface area contributed by atoms with E-state index in [1.54, 1.807) is 6.20 Å². The summed E-state index contributed by atoms with van der Waals surface area (Å²) in [5, 5.41) is 0.649. The van der Waals surface area contributed by atoms with Gasteiger partial charge in [-0.1, -0.05) is 29.8 Å². The van der Waals surface area contributed by atoms with Crippen LogP contribution >= 0.6 is 11.6 Å². The smallest absolute Gasteiger partial charge is 0.0760 e. The summed E-state index contributed by atoms with van der Waals surface area (Å²) in [4.78, 5) is 4.29. The Morgan fingerprint density at radius 2 is 2.05 bits per heavy atom. The Morgan fingerprint density at radius 1 is 1.21 bits per heavy atom. The number of rotatable bonds is 3. The van der Waals surface area contributed by atoms with Crippen molar-refractivity contribution in [2.75, 3.05) is 0 Å². The standard InChI is InChI=1S/C16H17ClN2/c17-14-5-2-8-19-16(14)15(18)10-11-6-7-12-3-1-4-13(12)9-11/h2,5-9,15H,1,3-4,10,18H2. The summed E-state index contributed by atoms with van der Waals surface area (Å²) in [7, 11) is 0. The van der Waals surface area contributed by atoms with Crippen LogP contribution in [0.3, 0.4) is 0 Å². The molecular formula is C16H17ClN2. The molecule has 2 N–H and O–H groups in total. The maximum atomic E-state index is 6.23. The van der Waals surface area contributed by atoms with Crippen molar-refractivity contribution in [3.05, 3.63) is 63.9 Å². The van der Waals surface area contributed by atoms with Gasteiger partial charge in [0.15, 0.2) is 0 Å². The molecule has 0 radical (unpaired) electrons. The second kappa shape index (κ2) is 5.32. The van der Waals surface area contributed by atoms with E-state index in [2.05, 4.69) is 23.2 Å². The molecule has 2 aromatic rings. The van der Waals surface area contributed by atoms with E-state index in [4.69, 9.17) is 17.3 Å². The molecule has 1 aromatic heterocycles. The number of hydrogen-bond acceptors (Lipinski definition) is 2. The van der Waals surface area contributed by atoms with Crippen molar-refractivity contribution < 1.29 is 0 Å². The van der Waals surface area contributed by atoms with E-state index >= 15 is 0 Å². The fourth-order valence-electron chi connectivity index (χ4n) is 2.77. The zero-order valence-corrected chi connectivity index (χ0v) is 11.5. The Morgan fingerprint density at radius 3 is 2.89 bits per heavy atom. The van der Waals surface area contributed by atoms with Gasteiger partial charge in [0, 0.05) is 6.20 Å². The minimum absolute atomic E-state index is 0.145. The molecule has 0 amide bonds. The topological polar surface area (TPSA) is 38.9 Å². The molecule has 1 aromatic carbocycles. The lowest BCUT2D eigenvalue weighted by Gasteiger charge is -2.13. The zero-order valence-electron chi connectivity index (χ0n) is 10.8. The Balaban J connectivity index is 1.80. The van der Waals surface area contributed by atoms with Crippen LogP contribution in [0.15, 0.2) is 36.5 Å². The van der Waals surface area contributed by atoms with Gasteiger partial charge in [0.2, 0.25) is 0 Å². The van der Waals surface area contributed by atoms with Gasteiger partial charge in [-0.15, -0.1) is 0 Å². The molecule has 2 nitrogen and oxygen atoms in total. The van der Waals surface area contributed by atoms with Crippen molar-refractivity contribution in [3.63, 3.8) is 0 Å². The number of benzene rings is 1. The molecule has 0 fully saturated rings. The summed E-state index contributed by atoms with van der Waals surface area (Å²) in [6.45, 7) is 0. The number of nitrogens with zero attached hydrogens (tertiary/aromatic N) is 1. The van der Waals surface area contributed by atoms with Crippen LogP contribution < -0.4 is 5.73 Å². The lowest BCUT2D eigenvalue weighted by atomic mass is 9.99. The molecule has 3 rings (SSSR count). The molecule has 1 atom stereocenters. The first-order valence-corrected chi connectivity index (χ1v) is 7.08. The third-order valence-electron chi connectivity index (χ3n) is 3.76. The third kappa shape index (κ3) is 2.65. The van der Waals surface area contributed by atoms with Crippen LogP contribution in [0.25, 0.3) is 0 Å². The van der Waals surface area contributed by atoms with E-state index < -0.39 is 0 Å². The lowest BCUT2D eigenvalue weighted by Crippen LogP contribution is -2.15. The maximum Gasteiger partial charge on any atom is 0.0760 e. The molecule has 0 bridgehead atoms. The summed E-state index contributed by atoms with van der Waals surface area (Å²) in [6, 6.07) is 10.2. The first-order chi connectivity index (χ1) is 9.24. The highest BCUT2D eigenvalue weighted by Crippen LogP contribution is 2.26. The van der Waals surface area contributed by atoms with E-state index in [0.29, 0.717) is 5.02 Å². The van der Waals surface area contributed by atoms with Crippen LogP contribution in [0.4, 0.5) is 0 Å². The molecule has 0 aliphatic heterocycles. The van der Waals surface area contributed by atoms with Crippen molar-refractivity contribution in [2.24, 2.45) is 5.73 Å². The van der Waals surface area contributed by atoms with Gasteiger partial charge >= 0.3 is 0 Å². The average Bonchev–Trinajstić information content (AvgIpc) is 2.86. The van der Waals surface area contributed by atoms with Crippen LogP contribution in [0.2, 0.25) is 5.02 Å². The number of hydrogen-bond donors (Lipinski definition) is 1. The quantitative estimate of drug-likeness (QED) is 0.929. The van der Waals surface area contributed by atoms with Gasteiger partial charge in [0.05, 0.1) is 16.8 Å². The fraction of sp³-hybridized carbons (Fsp3) is 0.312. The Labute approximate surface area is 118 Å². The number of aryl methyl sites for hydroxylation is 2. The first kappa shape index (κ1) is 12.6. The minimum Gasteiger partial charge on any atom is -0.322 e. The van der Waals surface area contributed by atoms with Crippen molar-refractivity contribution >= 4 is 11.6 Å². The normalized spacial score (nSPS) is 15.3. The SMILES string of the molecule is NC(Cc1ccc2c(c1)CCC2)c1ncccc1Cl. The van der Waals surface area contributed by atoms with E-state index in [-0.39, 0.29) is 6.04 Å². The van der Waals surface area contributed by atoms with E-state index in [1.807, 2.05) is 12.1 Å². The predicted molar refractivity (Wildman–Crippen MR) is 78.3 cm³/mol. The van der Waals surface area contributed by atoms with Crippen LogP contribution in [0.5, 0.6) is 0 Å². The van der Waals surface area contributed by atoms with E-state index in [9.17, 15) is 0 Å². The molecule has 0 saturated carbocycles. The maximum absolute atomic E-state index is 6.23. The van der Waals surface area contributed by atoms with Gasteiger partial charge in [0.1, 0.15) is 0 Å². The molecule has 1 unspecified atom stereocenters. The highest BCUT2D eigenvalue weighted by atomic mass is 35.5. The van der Waals surface area contributed by atoms with E-state index in [1.165, 1.54) is 36.0 Å². The lowest BCUT2D eigenvalue weighted by molar-refractivity contribution is 0.696. The molecule has 3 heteroatoms. The highest BCUT2D eigenvalue weighted by molar-refractivity contribution is 6.31. The van der Waals surface area contributed by atoms with Crippen molar-refractivity contribution in [1.29, 1.82) is 0 Å². The largest absolute Gasteiger partial charge is 0.322 e. The first-order valence-electron chi connectivity index (χ1n) is 6.71. The number of halogens is 1. The molecule has 1 heterocycles. The molecule has 1 aliphatic rings. The zero-order chi connectivity index (χ0) is 13.2. The number of nitrogens with two attached hydrogens (primary N) is 1. The molecule has 1 aliphatic carbocycles. The molecule has 98 valence electrons. The monoisotopic (exact) mass is 272 g/mol. The average molecular weight is 273 g/mol. The summed E-state index contributed by atoms with van der Waals surface area (Å²) in [6.07, 6.45) is 6.21. The van der Waals surface area contributed by atoms with E-state index in [0.717, 1.165) is 12.1 Å². The van der Waals surface area contributed by atoms with Crippen LogP contribution in [0.1, 0.15) is 34.8 Å². The van der Waals surface area contributed by atoms with Gasteiger partial charge in [-0.05, 0) is 54.5 Å². The Bertz CT molecular complexity index is 595. The Hall–Kier alpha value is -1.38. The summed E-state index contributed by atoms with van der Waals surface area (Å²) in [5.74, 6) is 0. The van der Waals surface area contributed by atoms with Crippen LogP contribution in [-0.2, 0) is 19.3 Å². The van der Waals surface area contributed by atoms with Gasteiger partial charge in [0.25, 0.3) is 0 Å². The van der Waals surface area contributed by atoms with Crippen LogP contribution in [0, 0.1) is 0 Å². The highest BCUT2D eigenvalue weighted by Gasteiger charge is 2.15. The number of aromatic nitrogens is 1. The van der Waals surface area contributed by atoms with Crippen molar-refractivity contribution in [1.82, 2.24) is 4.98 Å². The second-order valence-electron chi connectivity index (χ2n) is 5.14. The van der Waals surface area contributed by atoms with Gasteiger partial charge < -0.3 is 5.73 Å². The number of fused-ring (bicyclic) bond motifs is 1. The summed E-state index contributed by atoms with van der Waals surface area (Å²) in [5.41, 5.74) is 11.3. The second-order valence-corrected chi connectivity index (χ2v) is 5.54. The van der Waals surface area contributed by atoms with Gasteiger partial charge in [-0.25, -0.2) is 0 Å². The van der Waals surface area contributed by atoms with Crippen molar-refractivity contribution in [2.45, 2.75) is 31.7 Å². The molecular weight excluding hydrogens is 256 g/mol. The van der Waals surface area contributed by atoms with Gasteiger partial charge in [-0.3, -0.25) is 4.98 Å². The summed E-state index contributed by atoms with van der Waals surface area (Å²) < 4.78 is 0. The minimum atomic E-state index is -0.145. The molecule has 19 heavy (non-hydrogen) atoms. The summed E-state index contributed by atoms with van der Waals surface area (Å²) >= 11 is 6.14. The van der Waals surface area contributed by atoms with Crippen molar-refractivity contribution in [3.8, 4) is 0 Å². The van der Waals surface area contributed by atoms with Gasteiger partial charge in [-0.2, -0.15) is 0 Å². The number of pyridine rings is 1. The third-order valence-corrected chi connectivity index (χ3v) is 4.08. The molecule has 0 spiro atoms. The predicted octanol–water partition coefficient (Wildman–Crippen LogP) is 3.47. The Kier molecular flexibility index (Phi) is 3.54. The molecule has 0 saturated heterocycles. The van der Waals surface area contributed by atoms with Crippen LogP contribution in [-0.4, -0.2) is 4.98 Å². The fourth-order valence-corrected chi connectivity index (χ4v) is 3.04.